The molecule has 6 nitrogen and oxygen atoms in total. The maximum atomic E-state index is 13.6. The number of halogens is 2. The molecule has 0 saturated heterocycles. The number of benzene rings is 2. The van der Waals surface area contributed by atoms with E-state index in [9.17, 15) is 18.8 Å². The number of ketones is 1. The summed E-state index contributed by atoms with van der Waals surface area (Å²) in [5.41, 5.74) is 0.416. The number of carboxylic acids is 1. The number of hydrogen-bond donors (Lipinski definition) is 3. The van der Waals surface area contributed by atoms with E-state index < -0.39 is 17.7 Å². The predicted octanol–water partition coefficient (Wildman–Crippen LogP) is 3.82. The molecule has 8 heteroatoms. The van der Waals surface area contributed by atoms with Crippen molar-refractivity contribution in [2.24, 2.45) is 0 Å². The summed E-state index contributed by atoms with van der Waals surface area (Å²) < 4.78 is 13.6. The fourth-order valence-electron chi connectivity index (χ4n) is 2.26. The molecule has 1 amide bonds. The smallest absolute Gasteiger partial charge is 0.337 e. The van der Waals surface area contributed by atoms with Gasteiger partial charge in [-0.15, -0.1) is 0 Å². The van der Waals surface area contributed by atoms with E-state index in [-0.39, 0.29) is 46.3 Å². The zero-order valence-electron chi connectivity index (χ0n) is 13.8. The van der Waals surface area contributed by atoms with Crippen molar-refractivity contribution in [3.8, 4) is 0 Å². The summed E-state index contributed by atoms with van der Waals surface area (Å²) >= 11 is 5.74. The maximum absolute atomic E-state index is 13.6. The summed E-state index contributed by atoms with van der Waals surface area (Å²) in [7, 11) is 0. The third-order valence-electron chi connectivity index (χ3n) is 3.55. The van der Waals surface area contributed by atoms with Gasteiger partial charge >= 0.3 is 5.97 Å². The molecule has 0 atom stereocenters. The topological polar surface area (TPSA) is 95.5 Å². The zero-order chi connectivity index (χ0) is 19.3. The van der Waals surface area contributed by atoms with Crippen LogP contribution in [0.3, 0.4) is 0 Å². The van der Waals surface area contributed by atoms with Crippen LogP contribution in [0.2, 0.25) is 5.02 Å². The van der Waals surface area contributed by atoms with Crippen LogP contribution in [0.5, 0.6) is 0 Å². The highest BCUT2D eigenvalue weighted by Crippen LogP contribution is 2.25. The van der Waals surface area contributed by atoms with E-state index in [0.717, 1.165) is 6.07 Å². The van der Waals surface area contributed by atoms with Crippen molar-refractivity contribution in [1.82, 2.24) is 0 Å². The third kappa shape index (κ3) is 4.58. The van der Waals surface area contributed by atoms with Gasteiger partial charge in [0, 0.05) is 17.7 Å². The lowest BCUT2D eigenvalue weighted by Gasteiger charge is -2.13. The SMILES string of the molecule is CCC(=O)c1cc(F)c(Cl)cc1NCC(=O)Nc1ccccc1C(=O)O. The molecule has 0 bridgehead atoms. The fourth-order valence-corrected chi connectivity index (χ4v) is 2.43. The van der Waals surface area contributed by atoms with Crippen LogP contribution < -0.4 is 10.6 Å². The molecule has 0 aliphatic carbocycles. The van der Waals surface area contributed by atoms with Crippen molar-refractivity contribution in [2.45, 2.75) is 13.3 Å². The van der Waals surface area contributed by atoms with Gasteiger partial charge in [0.1, 0.15) is 5.82 Å². The van der Waals surface area contributed by atoms with Crippen LogP contribution in [0.25, 0.3) is 0 Å². The monoisotopic (exact) mass is 378 g/mol. The van der Waals surface area contributed by atoms with Gasteiger partial charge in [0.25, 0.3) is 0 Å². The van der Waals surface area contributed by atoms with Gasteiger partial charge in [-0.2, -0.15) is 0 Å². The second kappa shape index (κ2) is 8.44. The molecule has 2 rings (SSSR count). The molecule has 0 aliphatic heterocycles. The first-order valence-electron chi connectivity index (χ1n) is 7.71. The maximum Gasteiger partial charge on any atom is 0.337 e. The highest BCUT2D eigenvalue weighted by Gasteiger charge is 2.16. The molecule has 0 aromatic heterocycles. The van der Waals surface area contributed by atoms with Crippen LogP contribution in [-0.2, 0) is 4.79 Å². The summed E-state index contributed by atoms with van der Waals surface area (Å²) in [6.07, 6.45) is 0.161. The Bertz CT molecular complexity index is 870. The number of carbonyl (C=O) groups excluding carboxylic acids is 2. The second-order valence-corrected chi connectivity index (χ2v) is 5.75. The third-order valence-corrected chi connectivity index (χ3v) is 3.84. The van der Waals surface area contributed by atoms with Crippen LogP contribution >= 0.6 is 11.6 Å². The molecule has 0 unspecified atom stereocenters. The van der Waals surface area contributed by atoms with Gasteiger partial charge in [-0.3, -0.25) is 9.59 Å². The number of amides is 1. The van der Waals surface area contributed by atoms with Crippen LogP contribution in [0, 0.1) is 5.82 Å². The molecule has 2 aromatic rings. The average Bonchev–Trinajstić information content (AvgIpc) is 2.62. The molecule has 0 fully saturated rings. The predicted molar refractivity (Wildman–Crippen MR) is 96.6 cm³/mol. The lowest BCUT2D eigenvalue weighted by Crippen LogP contribution is -2.23. The largest absolute Gasteiger partial charge is 0.478 e. The number of carboxylic acid groups (broad SMARTS) is 1. The Morgan fingerprint density at radius 1 is 1.12 bits per heavy atom. The highest BCUT2D eigenvalue weighted by molar-refractivity contribution is 6.31. The molecule has 136 valence electrons. The number of aromatic carboxylic acids is 1. The molecule has 2 aromatic carbocycles. The quantitative estimate of drug-likeness (QED) is 0.636. The minimum absolute atomic E-state index is 0.0486. The Morgan fingerprint density at radius 2 is 1.81 bits per heavy atom. The Balaban J connectivity index is 2.14. The van der Waals surface area contributed by atoms with Crippen LogP contribution in [0.15, 0.2) is 36.4 Å². The average molecular weight is 379 g/mol. The Hall–Kier alpha value is -2.93. The van der Waals surface area contributed by atoms with Gasteiger partial charge in [-0.1, -0.05) is 30.7 Å². The van der Waals surface area contributed by atoms with Crippen molar-refractivity contribution in [3.63, 3.8) is 0 Å². The number of para-hydroxylation sites is 1. The van der Waals surface area contributed by atoms with Crippen molar-refractivity contribution in [2.75, 3.05) is 17.2 Å². The summed E-state index contributed by atoms with van der Waals surface area (Å²) in [5.74, 6) is -2.74. The second-order valence-electron chi connectivity index (χ2n) is 5.34. The van der Waals surface area contributed by atoms with Crippen LogP contribution in [0.1, 0.15) is 34.1 Å². The minimum Gasteiger partial charge on any atom is -0.478 e. The lowest BCUT2D eigenvalue weighted by molar-refractivity contribution is -0.114. The molecule has 0 saturated carbocycles. The van der Waals surface area contributed by atoms with E-state index in [1.165, 1.54) is 18.2 Å². The number of Topliss-reactive ketones (excluding diaryl/α,β-unsaturated/α-hetero) is 1. The van der Waals surface area contributed by atoms with Crippen molar-refractivity contribution < 1.29 is 23.9 Å². The first-order chi connectivity index (χ1) is 12.3. The van der Waals surface area contributed by atoms with Gasteiger partial charge in [-0.25, -0.2) is 9.18 Å². The molecular formula is C18H16ClFN2O4. The van der Waals surface area contributed by atoms with Gasteiger partial charge in [0.05, 0.1) is 22.8 Å². The summed E-state index contributed by atoms with van der Waals surface area (Å²) in [5, 5.41) is 14.1. The zero-order valence-corrected chi connectivity index (χ0v) is 14.6. The van der Waals surface area contributed by atoms with Gasteiger partial charge in [0.2, 0.25) is 5.91 Å². The molecule has 0 aliphatic rings. The van der Waals surface area contributed by atoms with E-state index in [1.807, 2.05) is 0 Å². The molecule has 0 heterocycles. The van der Waals surface area contributed by atoms with Crippen molar-refractivity contribution >= 4 is 40.6 Å². The van der Waals surface area contributed by atoms with Gasteiger partial charge in [0.15, 0.2) is 5.78 Å². The number of nitrogens with one attached hydrogen (secondary N) is 2. The van der Waals surface area contributed by atoms with E-state index in [2.05, 4.69) is 10.6 Å². The number of carbonyl (C=O) groups is 3. The normalized spacial score (nSPS) is 10.3. The Labute approximate surface area is 154 Å². The summed E-state index contributed by atoms with van der Waals surface area (Å²) in [4.78, 5) is 35.2. The summed E-state index contributed by atoms with van der Waals surface area (Å²) in [6.45, 7) is 1.37. The number of hydrogen-bond acceptors (Lipinski definition) is 4. The van der Waals surface area contributed by atoms with Crippen LogP contribution in [0.4, 0.5) is 15.8 Å². The van der Waals surface area contributed by atoms with Gasteiger partial charge < -0.3 is 15.7 Å². The van der Waals surface area contributed by atoms with E-state index in [4.69, 9.17) is 16.7 Å². The first kappa shape index (κ1) is 19.4. The summed E-state index contributed by atoms with van der Waals surface area (Å²) in [6, 6.07) is 8.21. The Morgan fingerprint density at radius 3 is 2.46 bits per heavy atom. The van der Waals surface area contributed by atoms with E-state index in [0.29, 0.717) is 0 Å². The first-order valence-corrected chi connectivity index (χ1v) is 8.09. The van der Waals surface area contributed by atoms with Crippen LogP contribution in [-0.4, -0.2) is 29.3 Å². The van der Waals surface area contributed by atoms with E-state index in [1.54, 1.807) is 19.1 Å². The molecule has 3 N–H and O–H groups in total. The Kier molecular flexibility index (Phi) is 6.30. The van der Waals surface area contributed by atoms with Gasteiger partial charge in [-0.05, 0) is 24.3 Å². The molecule has 0 spiro atoms. The lowest BCUT2D eigenvalue weighted by atomic mass is 10.1. The number of rotatable bonds is 7. The number of anilines is 2. The fraction of sp³-hybridized carbons (Fsp3) is 0.167. The highest BCUT2D eigenvalue weighted by atomic mass is 35.5. The molecule has 26 heavy (non-hydrogen) atoms. The van der Waals surface area contributed by atoms with Crippen molar-refractivity contribution in [3.05, 3.63) is 58.4 Å². The molecule has 0 radical (unpaired) electrons. The standard InChI is InChI=1S/C18H16ClFN2O4/c1-2-16(23)11-7-13(20)12(19)8-15(11)21-9-17(24)22-14-6-4-3-5-10(14)18(25)26/h3-8,21H,2,9H2,1H3,(H,22,24)(H,25,26). The van der Waals surface area contributed by atoms with E-state index >= 15 is 0 Å². The minimum atomic E-state index is -1.17. The molecular weight excluding hydrogens is 363 g/mol. The van der Waals surface area contributed by atoms with Crippen molar-refractivity contribution in [1.29, 1.82) is 0 Å².